The van der Waals surface area contributed by atoms with E-state index in [-0.39, 0.29) is 12.1 Å². The van der Waals surface area contributed by atoms with Crippen molar-refractivity contribution in [1.29, 1.82) is 0 Å². The topological polar surface area (TPSA) is 26.3 Å². The lowest BCUT2D eigenvalue weighted by Gasteiger charge is -2.58. The summed E-state index contributed by atoms with van der Waals surface area (Å²) in [6.45, 7) is 14.9. The SMILES string of the molecule is CCCCCCCC(=O)O[13CH]1CC[C@@]2(C)C(=CC[C@H]3[C@@H]4CC[C@H]([C@H](C)CCCC(C)C)[C@@]4(C)CC[C@@H]32)C1. The minimum atomic E-state index is 0.0485. The van der Waals surface area contributed by atoms with Crippen molar-refractivity contribution in [2.45, 2.75) is 157 Å². The summed E-state index contributed by atoms with van der Waals surface area (Å²) in [6.07, 6.45) is 23.9. The van der Waals surface area contributed by atoms with Crippen molar-refractivity contribution < 1.29 is 9.53 Å². The molecule has 0 spiro atoms. The molecule has 0 aromatic heterocycles. The molecule has 0 aromatic carbocycles. The van der Waals surface area contributed by atoms with Crippen LogP contribution >= 0.6 is 0 Å². The molecule has 0 bridgehead atoms. The number of allylic oxidation sites excluding steroid dienone is 1. The van der Waals surface area contributed by atoms with Gasteiger partial charge in [-0.25, -0.2) is 0 Å². The van der Waals surface area contributed by atoms with Crippen LogP contribution in [0.4, 0.5) is 0 Å². The van der Waals surface area contributed by atoms with Gasteiger partial charge in [0, 0.05) is 12.8 Å². The molecule has 0 aromatic rings. The third-order valence-electron chi connectivity index (χ3n) is 12.0. The summed E-state index contributed by atoms with van der Waals surface area (Å²) >= 11 is 0. The quantitative estimate of drug-likeness (QED) is 0.112. The van der Waals surface area contributed by atoms with Crippen molar-refractivity contribution in [3.8, 4) is 0 Å². The molecule has 2 nitrogen and oxygen atoms in total. The number of fused-ring (bicyclic) bond motifs is 5. The number of esters is 1. The highest BCUT2D eigenvalue weighted by Crippen LogP contribution is 2.67. The molecule has 0 amide bonds. The van der Waals surface area contributed by atoms with Crippen LogP contribution in [0.2, 0.25) is 0 Å². The fourth-order valence-electron chi connectivity index (χ4n) is 9.87. The molecule has 8 atom stereocenters. The number of hydrogen-bond donors (Lipinski definition) is 0. The van der Waals surface area contributed by atoms with Gasteiger partial charge in [-0.1, -0.05) is 98.1 Å². The first kappa shape index (κ1) is 29.2. The average Bonchev–Trinajstić information content (AvgIpc) is 3.21. The number of carbonyl (C=O) groups excluding carboxylic acids is 1. The zero-order valence-corrected chi connectivity index (χ0v) is 25.5. The second-order valence-electron chi connectivity index (χ2n) is 14.8. The molecule has 3 fully saturated rings. The molecule has 1 unspecified atom stereocenters. The van der Waals surface area contributed by atoms with Crippen LogP contribution in [0.1, 0.15) is 151 Å². The summed E-state index contributed by atoms with van der Waals surface area (Å²) in [4.78, 5) is 12.5. The van der Waals surface area contributed by atoms with E-state index in [1.165, 1.54) is 77.0 Å². The van der Waals surface area contributed by atoms with Crippen LogP contribution in [0.15, 0.2) is 11.6 Å². The van der Waals surface area contributed by atoms with Gasteiger partial charge in [0.2, 0.25) is 0 Å². The summed E-state index contributed by atoms with van der Waals surface area (Å²) in [5.74, 6) is 5.34. The van der Waals surface area contributed by atoms with Crippen molar-refractivity contribution >= 4 is 5.97 Å². The van der Waals surface area contributed by atoms with E-state index in [4.69, 9.17) is 4.74 Å². The summed E-state index contributed by atoms with van der Waals surface area (Å²) in [5, 5.41) is 0. The van der Waals surface area contributed by atoms with Gasteiger partial charge in [-0.3, -0.25) is 4.79 Å². The molecule has 212 valence electrons. The fraction of sp³-hybridized carbons (Fsp3) is 0.914. The lowest BCUT2D eigenvalue weighted by molar-refractivity contribution is -0.151. The Morgan fingerprint density at radius 2 is 1.73 bits per heavy atom. The summed E-state index contributed by atoms with van der Waals surface area (Å²) in [5.41, 5.74) is 2.54. The summed E-state index contributed by atoms with van der Waals surface area (Å²) in [6, 6.07) is 0. The van der Waals surface area contributed by atoms with E-state index in [0.29, 0.717) is 17.3 Å². The van der Waals surface area contributed by atoms with E-state index in [1.54, 1.807) is 5.57 Å². The van der Waals surface area contributed by atoms with Crippen molar-refractivity contribution in [3.05, 3.63) is 11.6 Å². The summed E-state index contributed by atoms with van der Waals surface area (Å²) in [7, 11) is 0. The first-order chi connectivity index (χ1) is 17.7. The Morgan fingerprint density at radius 3 is 2.49 bits per heavy atom. The van der Waals surface area contributed by atoms with Gasteiger partial charge in [0.05, 0.1) is 0 Å². The molecule has 2 heteroatoms. The van der Waals surface area contributed by atoms with Gasteiger partial charge in [-0.15, -0.1) is 0 Å². The first-order valence-corrected chi connectivity index (χ1v) is 16.6. The van der Waals surface area contributed by atoms with Gasteiger partial charge in [-0.05, 0) is 97.7 Å². The van der Waals surface area contributed by atoms with Crippen LogP contribution in [0.3, 0.4) is 0 Å². The molecule has 4 aliphatic carbocycles. The largest absolute Gasteiger partial charge is 0.462 e. The molecule has 0 heterocycles. The van der Waals surface area contributed by atoms with Gasteiger partial charge in [-0.2, -0.15) is 0 Å². The molecule has 4 rings (SSSR count). The second kappa shape index (κ2) is 12.6. The maximum atomic E-state index is 12.5. The Kier molecular flexibility index (Phi) is 9.94. The number of hydrogen-bond acceptors (Lipinski definition) is 2. The molecule has 37 heavy (non-hydrogen) atoms. The second-order valence-corrected chi connectivity index (χ2v) is 14.8. The van der Waals surface area contributed by atoms with E-state index < -0.39 is 0 Å². The first-order valence-electron chi connectivity index (χ1n) is 16.6. The molecule has 4 aliphatic rings. The van der Waals surface area contributed by atoms with Crippen molar-refractivity contribution in [2.75, 3.05) is 0 Å². The van der Waals surface area contributed by atoms with Crippen LogP contribution in [0, 0.1) is 46.3 Å². The minimum Gasteiger partial charge on any atom is -0.462 e. The maximum Gasteiger partial charge on any atom is 0.306 e. The lowest BCUT2D eigenvalue weighted by Crippen LogP contribution is -2.51. The molecule has 0 saturated heterocycles. The highest BCUT2D eigenvalue weighted by atomic mass is 16.6. The molecular formula is C35H60O2. The van der Waals surface area contributed by atoms with E-state index in [2.05, 4.69) is 47.6 Å². The van der Waals surface area contributed by atoms with Gasteiger partial charge < -0.3 is 4.74 Å². The van der Waals surface area contributed by atoms with Crippen LogP contribution in [-0.4, -0.2) is 12.1 Å². The van der Waals surface area contributed by atoms with Crippen molar-refractivity contribution in [2.24, 2.45) is 46.3 Å². The average molecular weight is 514 g/mol. The fourth-order valence-corrected chi connectivity index (χ4v) is 9.87. The Bertz CT molecular complexity index is 782. The highest BCUT2D eigenvalue weighted by molar-refractivity contribution is 5.69. The van der Waals surface area contributed by atoms with Gasteiger partial charge in [0.15, 0.2) is 0 Å². The van der Waals surface area contributed by atoms with Crippen LogP contribution < -0.4 is 0 Å². The van der Waals surface area contributed by atoms with Crippen LogP contribution in [0.5, 0.6) is 0 Å². The minimum absolute atomic E-state index is 0.0485. The Balaban J connectivity index is 1.34. The number of carbonyl (C=O) groups is 1. The van der Waals surface area contributed by atoms with Crippen LogP contribution in [-0.2, 0) is 9.53 Å². The Labute approximate surface area is 230 Å². The van der Waals surface area contributed by atoms with Gasteiger partial charge in [0.1, 0.15) is 6.10 Å². The van der Waals surface area contributed by atoms with E-state index in [9.17, 15) is 4.79 Å². The summed E-state index contributed by atoms with van der Waals surface area (Å²) < 4.78 is 6.02. The Hall–Kier alpha value is -0.790. The molecular weight excluding hydrogens is 453 g/mol. The zero-order chi connectivity index (χ0) is 26.6. The van der Waals surface area contributed by atoms with E-state index >= 15 is 0 Å². The van der Waals surface area contributed by atoms with Crippen molar-refractivity contribution in [1.82, 2.24) is 0 Å². The normalized spacial score (nSPS) is 37.9. The number of rotatable bonds is 12. The molecule has 3 saturated carbocycles. The van der Waals surface area contributed by atoms with E-state index in [1.807, 2.05) is 0 Å². The molecule has 0 radical (unpaired) electrons. The monoisotopic (exact) mass is 513 g/mol. The standard InChI is InChI=1S/C35H60O2/c1-7-8-9-10-11-15-33(36)37-28-20-22-34(5)27(24-28)16-17-29-31-19-18-30(26(4)14-12-13-25(2)3)35(31,6)23-21-32(29)34/h16,25-26,28-32H,7-15,17-24H2,1-6H3/t26-,28?,29+,30-,31+,32+,34+,35-/m1/s1/i28+1. The lowest BCUT2D eigenvalue weighted by atomic mass is 9.47. The molecule has 0 N–H and O–H groups in total. The predicted octanol–water partition coefficient (Wildman–Crippen LogP) is 10.3. The van der Waals surface area contributed by atoms with Gasteiger partial charge >= 0.3 is 5.97 Å². The van der Waals surface area contributed by atoms with Crippen molar-refractivity contribution in [3.63, 3.8) is 0 Å². The smallest absolute Gasteiger partial charge is 0.306 e. The highest BCUT2D eigenvalue weighted by Gasteiger charge is 2.59. The molecule has 0 aliphatic heterocycles. The zero-order valence-electron chi connectivity index (χ0n) is 25.5. The maximum absolute atomic E-state index is 12.5. The number of ether oxygens (including phenoxy) is 1. The van der Waals surface area contributed by atoms with E-state index in [0.717, 1.165) is 61.2 Å². The third kappa shape index (κ3) is 6.35. The third-order valence-corrected chi connectivity index (χ3v) is 12.0. The number of unbranched alkanes of at least 4 members (excludes halogenated alkanes) is 4. The van der Waals surface area contributed by atoms with Crippen LogP contribution in [0.25, 0.3) is 0 Å². The Morgan fingerprint density at radius 1 is 0.946 bits per heavy atom. The predicted molar refractivity (Wildman–Crippen MR) is 156 cm³/mol. The van der Waals surface area contributed by atoms with Gasteiger partial charge in [0.25, 0.3) is 0 Å².